The largest absolute Gasteiger partial charge is 0.497 e. The molecule has 1 aromatic carbocycles. The van der Waals surface area contributed by atoms with Crippen LogP contribution >= 0.6 is 11.3 Å². The summed E-state index contributed by atoms with van der Waals surface area (Å²) < 4.78 is 20.3. The highest BCUT2D eigenvalue weighted by Gasteiger charge is 2.29. The van der Waals surface area contributed by atoms with E-state index in [4.69, 9.17) is 4.74 Å². The Labute approximate surface area is 158 Å². The quantitative estimate of drug-likeness (QED) is 0.501. The molecule has 1 aliphatic heterocycles. The van der Waals surface area contributed by atoms with Crippen molar-refractivity contribution in [1.82, 2.24) is 9.97 Å². The van der Waals surface area contributed by atoms with E-state index in [-0.39, 0.29) is 11.4 Å². The molecule has 1 saturated heterocycles. The highest BCUT2D eigenvalue weighted by atomic mass is 32.1. The lowest BCUT2D eigenvalue weighted by molar-refractivity contribution is -0.386. The van der Waals surface area contributed by atoms with Crippen LogP contribution in [-0.2, 0) is 0 Å². The molecule has 2 aromatic heterocycles. The van der Waals surface area contributed by atoms with Gasteiger partial charge in [-0.25, -0.2) is 9.97 Å². The van der Waals surface area contributed by atoms with Crippen molar-refractivity contribution in [3.05, 3.63) is 45.8 Å². The van der Waals surface area contributed by atoms with Crippen molar-refractivity contribution in [2.45, 2.75) is 0 Å². The second kappa shape index (κ2) is 6.95. The maximum Gasteiger partial charge on any atom is 0.328 e. The number of fused-ring (bicyclic) bond motifs is 1. The Hall–Kier alpha value is -3.01. The zero-order valence-corrected chi connectivity index (χ0v) is 15.3. The van der Waals surface area contributed by atoms with E-state index in [1.807, 2.05) is 16.3 Å². The van der Waals surface area contributed by atoms with Gasteiger partial charge < -0.3 is 14.5 Å². The van der Waals surface area contributed by atoms with E-state index in [2.05, 4.69) is 14.9 Å². The molecule has 27 heavy (non-hydrogen) atoms. The molecule has 0 aliphatic carbocycles. The summed E-state index contributed by atoms with van der Waals surface area (Å²) in [4.78, 5) is 23.3. The van der Waals surface area contributed by atoms with Gasteiger partial charge in [0, 0.05) is 38.3 Å². The zero-order valence-electron chi connectivity index (χ0n) is 14.5. The summed E-state index contributed by atoms with van der Waals surface area (Å²) in [5, 5.41) is 13.3. The number of ether oxygens (including phenoxy) is 1. The van der Waals surface area contributed by atoms with Crippen LogP contribution in [0.4, 0.5) is 21.6 Å². The lowest BCUT2D eigenvalue weighted by Gasteiger charge is -2.36. The molecular weight excluding hydrogens is 373 g/mol. The number of benzene rings is 1. The molecule has 0 spiro atoms. The van der Waals surface area contributed by atoms with E-state index in [9.17, 15) is 14.5 Å². The lowest BCUT2D eigenvalue weighted by Crippen LogP contribution is -2.47. The van der Waals surface area contributed by atoms with Gasteiger partial charge in [-0.15, -0.1) is 11.3 Å². The Morgan fingerprint density at radius 3 is 2.67 bits per heavy atom. The van der Waals surface area contributed by atoms with Gasteiger partial charge in [0.2, 0.25) is 5.82 Å². The lowest BCUT2D eigenvalue weighted by atomic mass is 10.2. The van der Waals surface area contributed by atoms with Crippen LogP contribution in [0.2, 0.25) is 0 Å². The fraction of sp³-hybridized carbons (Fsp3) is 0.294. The third kappa shape index (κ3) is 3.12. The van der Waals surface area contributed by atoms with Gasteiger partial charge in [0.25, 0.3) is 0 Å². The Kier molecular flexibility index (Phi) is 4.48. The maximum absolute atomic E-state index is 14.2. The van der Waals surface area contributed by atoms with E-state index in [0.29, 0.717) is 26.2 Å². The number of hydrogen-bond donors (Lipinski definition) is 0. The Balaban J connectivity index is 1.60. The van der Waals surface area contributed by atoms with Gasteiger partial charge in [0.1, 0.15) is 23.6 Å². The number of thiophene rings is 1. The molecule has 140 valence electrons. The molecule has 0 bridgehead atoms. The first-order valence-corrected chi connectivity index (χ1v) is 9.16. The number of rotatable bonds is 4. The Morgan fingerprint density at radius 2 is 1.96 bits per heavy atom. The van der Waals surface area contributed by atoms with Crippen molar-refractivity contribution < 1.29 is 14.1 Å². The predicted molar refractivity (Wildman–Crippen MR) is 101 cm³/mol. The van der Waals surface area contributed by atoms with Crippen LogP contribution in [0.1, 0.15) is 0 Å². The van der Waals surface area contributed by atoms with Gasteiger partial charge in [-0.2, -0.15) is 4.39 Å². The smallest absolute Gasteiger partial charge is 0.328 e. The molecule has 0 atom stereocenters. The number of nitro groups is 1. The van der Waals surface area contributed by atoms with Crippen molar-refractivity contribution in [1.29, 1.82) is 0 Å². The SMILES string of the molecule is COc1cc(F)c([N+](=O)[O-])c(N2CCN(c3ncnc4ccsc34)CC2)c1. The summed E-state index contributed by atoms with van der Waals surface area (Å²) >= 11 is 1.58. The molecule has 3 heterocycles. The monoisotopic (exact) mass is 389 g/mol. The first-order chi connectivity index (χ1) is 13.1. The van der Waals surface area contributed by atoms with Gasteiger partial charge in [-0.3, -0.25) is 10.1 Å². The molecule has 8 nitrogen and oxygen atoms in total. The minimum absolute atomic E-state index is 0.237. The number of nitrogens with zero attached hydrogens (tertiary/aromatic N) is 5. The normalized spacial score (nSPS) is 14.6. The summed E-state index contributed by atoms with van der Waals surface area (Å²) in [5.41, 5.74) is 0.616. The first kappa shape index (κ1) is 17.4. The highest BCUT2D eigenvalue weighted by Crippen LogP contribution is 2.36. The van der Waals surface area contributed by atoms with Crippen molar-refractivity contribution in [2.75, 3.05) is 43.1 Å². The van der Waals surface area contributed by atoms with Crippen molar-refractivity contribution in [3.8, 4) is 5.75 Å². The molecule has 0 radical (unpaired) electrons. The van der Waals surface area contributed by atoms with Crippen LogP contribution < -0.4 is 14.5 Å². The average Bonchev–Trinajstić information content (AvgIpc) is 3.16. The summed E-state index contributed by atoms with van der Waals surface area (Å²) in [5.74, 6) is 0.223. The third-order valence-electron chi connectivity index (χ3n) is 4.58. The topological polar surface area (TPSA) is 84.6 Å². The van der Waals surface area contributed by atoms with E-state index >= 15 is 0 Å². The fourth-order valence-corrected chi connectivity index (χ4v) is 4.12. The van der Waals surface area contributed by atoms with Crippen LogP contribution in [0.5, 0.6) is 5.75 Å². The van der Waals surface area contributed by atoms with E-state index in [1.54, 1.807) is 17.7 Å². The fourth-order valence-electron chi connectivity index (χ4n) is 3.26. The molecule has 1 fully saturated rings. The van der Waals surface area contributed by atoms with E-state index in [1.165, 1.54) is 13.2 Å². The van der Waals surface area contributed by atoms with Crippen molar-refractivity contribution >= 4 is 38.7 Å². The molecule has 0 amide bonds. The standard InChI is InChI=1S/C17H16FN5O3S/c1-26-11-8-12(18)15(23(24)25)14(9-11)21-3-5-22(6-4-21)17-16-13(2-7-27-16)19-10-20-17/h2,7-10H,3-6H2,1H3. The number of halogens is 1. The number of anilines is 2. The van der Waals surface area contributed by atoms with Crippen LogP contribution in [0.3, 0.4) is 0 Å². The van der Waals surface area contributed by atoms with Gasteiger partial charge in [0.05, 0.1) is 22.2 Å². The molecule has 0 saturated carbocycles. The van der Waals surface area contributed by atoms with Gasteiger partial charge in [0.15, 0.2) is 0 Å². The van der Waals surface area contributed by atoms with Gasteiger partial charge >= 0.3 is 5.69 Å². The second-order valence-electron chi connectivity index (χ2n) is 6.04. The zero-order chi connectivity index (χ0) is 19.0. The van der Waals surface area contributed by atoms with Crippen LogP contribution in [-0.4, -0.2) is 48.2 Å². The number of piperazine rings is 1. The summed E-state index contributed by atoms with van der Waals surface area (Å²) in [6.07, 6.45) is 1.54. The van der Waals surface area contributed by atoms with Gasteiger partial charge in [-0.1, -0.05) is 0 Å². The summed E-state index contributed by atoms with van der Waals surface area (Å²) in [7, 11) is 1.41. The molecule has 1 aliphatic rings. The van der Waals surface area contributed by atoms with Crippen LogP contribution in [0.15, 0.2) is 29.9 Å². The molecule has 10 heteroatoms. The summed E-state index contributed by atoms with van der Waals surface area (Å²) in [6.45, 7) is 2.23. The minimum Gasteiger partial charge on any atom is -0.497 e. The van der Waals surface area contributed by atoms with E-state index in [0.717, 1.165) is 22.1 Å². The third-order valence-corrected chi connectivity index (χ3v) is 5.48. The maximum atomic E-state index is 14.2. The van der Waals surface area contributed by atoms with Crippen molar-refractivity contribution in [3.63, 3.8) is 0 Å². The average molecular weight is 389 g/mol. The minimum atomic E-state index is -0.895. The molecule has 4 rings (SSSR count). The highest BCUT2D eigenvalue weighted by molar-refractivity contribution is 7.17. The van der Waals surface area contributed by atoms with Crippen molar-refractivity contribution in [2.24, 2.45) is 0 Å². The van der Waals surface area contributed by atoms with Gasteiger partial charge in [-0.05, 0) is 11.4 Å². The number of nitro benzene ring substituents is 1. The first-order valence-electron chi connectivity index (χ1n) is 8.28. The number of hydrogen-bond acceptors (Lipinski definition) is 8. The number of aromatic nitrogens is 2. The molecule has 0 N–H and O–H groups in total. The molecule has 0 unspecified atom stereocenters. The molecular formula is C17H16FN5O3S. The Bertz CT molecular complexity index is 1000. The summed E-state index contributed by atoms with van der Waals surface area (Å²) in [6, 6.07) is 4.50. The Morgan fingerprint density at radius 1 is 1.22 bits per heavy atom. The molecule has 3 aromatic rings. The predicted octanol–water partition coefficient (Wildman–Crippen LogP) is 3.07. The number of methoxy groups -OCH3 is 1. The van der Waals surface area contributed by atoms with Crippen LogP contribution in [0, 0.1) is 15.9 Å². The van der Waals surface area contributed by atoms with E-state index < -0.39 is 16.4 Å². The second-order valence-corrected chi connectivity index (χ2v) is 6.96. The van der Waals surface area contributed by atoms with Crippen LogP contribution in [0.25, 0.3) is 10.2 Å².